The van der Waals surface area contributed by atoms with Gasteiger partial charge in [0.15, 0.2) is 5.60 Å². The van der Waals surface area contributed by atoms with Gasteiger partial charge in [-0.1, -0.05) is 20.8 Å². The highest BCUT2D eigenvalue weighted by atomic mass is 32.1. The molecular formula is C31H34FN3O6S. The molecule has 3 N–H and O–H groups in total. The van der Waals surface area contributed by atoms with Crippen LogP contribution in [0.3, 0.4) is 0 Å². The molecule has 6 rings (SSSR count). The van der Waals surface area contributed by atoms with E-state index >= 15 is 4.39 Å². The van der Waals surface area contributed by atoms with E-state index < -0.39 is 41.0 Å². The number of thiol groups is 1. The monoisotopic (exact) mass is 595 g/mol. The van der Waals surface area contributed by atoms with Crippen molar-refractivity contribution in [1.29, 1.82) is 0 Å². The van der Waals surface area contributed by atoms with Crippen molar-refractivity contribution in [2.75, 3.05) is 0 Å². The fourth-order valence-electron chi connectivity index (χ4n) is 6.59. The van der Waals surface area contributed by atoms with Crippen molar-refractivity contribution in [1.82, 2.24) is 14.9 Å². The average molecular weight is 596 g/mol. The second kappa shape index (κ2) is 9.89. The molecule has 2 aliphatic heterocycles. The number of aliphatic hydroxyl groups is 2. The van der Waals surface area contributed by atoms with Gasteiger partial charge in [-0.2, -0.15) is 12.6 Å². The van der Waals surface area contributed by atoms with Crippen LogP contribution in [0.5, 0.6) is 0 Å². The number of benzene rings is 1. The van der Waals surface area contributed by atoms with E-state index in [0.29, 0.717) is 47.3 Å². The van der Waals surface area contributed by atoms with Crippen LogP contribution in [0.2, 0.25) is 0 Å². The molecule has 0 saturated carbocycles. The number of ether oxygens (including phenoxy) is 1. The van der Waals surface area contributed by atoms with E-state index in [1.165, 1.54) is 10.6 Å². The molecule has 1 unspecified atom stereocenters. The maximum Gasteiger partial charge on any atom is 0.343 e. The Balaban J connectivity index is 1.51. The van der Waals surface area contributed by atoms with Crippen molar-refractivity contribution in [3.05, 3.63) is 61.7 Å². The minimum atomic E-state index is -1.97. The molecule has 222 valence electrons. The Kier molecular flexibility index (Phi) is 6.79. The molecule has 2 aromatic heterocycles. The molecule has 3 aliphatic rings. The molecule has 0 spiro atoms. The Hall–Kier alpha value is -3.28. The van der Waals surface area contributed by atoms with Crippen LogP contribution in [0.25, 0.3) is 22.3 Å². The third kappa shape index (κ3) is 4.36. The first kappa shape index (κ1) is 28.8. The van der Waals surface area contributed by atoms with Crippen molar-refractivity contribution in [2.45, 2.75) is 95.4 Å². The summed E-state index contributed by atoms with van der Waals surface area (Å²) in [6.07, 6.45) is 0.535. The number of aliphatic hydroxyl groups excluding tert-OH is 1. The molecule has 0 saturated heterocycles. The van der Waals surface area contributed by atoms with Crippen LogP contribution in [-0.4, -0.2) is 42.5 Å². The minimum Gasteiger partial charge on any atom is -0.458 e. The maximum atomic E-state index is 15.1. The Labute approximate surface area is 247 Å². The van der Waals surface area contributed by atoms with Crippen LogP contribution in [0.1, 0.15) is 85.9 Å². The van der Waals surface area contributed by atoms with Crippen molar-refractivity contribution in [3.8, 4) is 11.4 Å². The van der Waals surface area contributed by atoms with Crippen LogP contribution in [0, 0.1) is 12.7 Å². The van der Waals surface area contributed by atoms with Crippen molar-refractivity contribution in [3.63, 3.8) is 0 Å². The molecule has 0 bridgehead atoms. The highest BCUT2D eigenvalue weighted by molar-refractivity contribution is 7.81. The number of cyclic esters (lactones) is 1. The molecule has 4 heterocycles. The largest absolute Gasteiger partial charge is 0.458 e. The van der Waals surface area contributed by atoms with Gasteiger partial charge in [0.1, 0.15) is 18.5 Å². The standard InChI is InChI=1S/C31H34FN3O6S/c1-5-31(40)18-10-22-26-16(12-35(22)28(38)17(18)13-41-29(31)39)25-20(34-27(37)23(36)8-9-30(3,4)42)7-6-15-14(2)19(32)11-21(33-26)24(15)25/h10-11,20,23,36,40,42H,5-9,12-13H2,1-4H3,(H,34,37)/t20-,23?,31-/m0/s1. The number of fused-ring (bicyclic) bond motifs is 5. The molecular weight excluding hydrogens is 561 g/mol. The quantitative estimate of drug-likeness (QED) is 0.198. The zero-order valence-corrected chi connectivity index (χ0v) is 24.9. The van der Waals surface area contributed by atoms with Gasteiger partial charge in [-0.15, -0.1) is 0 Å². The first-order valence-electron chi connectivity index (χ1n) is 14.3. The first-order chi connectivity index (χ1) is 19.7. The number of carbonyl (C=O) groups is 2. The molecule has 9 nitrogen and oxygen atoms in total. The van der Waals surface area contributed by atoms with E-state index in [1.807, 2.05) is 13.8 Å². The number of hydrogen-bond donors (Lipinski definition) is 4. The Morgan fingerprint density at radius 2 is 2.05 bits per heavy atom. The third-order valence-electron chi connectivity index (χ3n) is 9.03. The number of pyridine rings is 2. The summed E-state index contributed by atoms with van der Waals surface area (Å²) in [6, 6.07) is 2.47. The maximum absolute atomic E-state index is 15.1. The van der Waals surface area contributed by atoms with Gasteiger partial charge in [0, 0.05) is 27.3 Å². The van der Waals surface area contributed by atoms with Gasteiger partial charge in [-0.05, 0) is 61.8 Å². The van der Waals surface area contributed by atoms with Gasteiger partial charge in [0.25, 0.3) is 5.56 Å². The fraction of sp³-hybridized carbons (Fsp3) is 0.484. The van der Waals surface area contributed by atoms with E-state index in [9.17, 15) is 24.6 Å². The van der Waals surface area contributed by atoms with E-state index in [0.717, 1.165) is 16.5 Å². The fourth-order valence-corrected chi connectivity index (χ4v) is 6.72. The van der Waals surface area contributed by atoms with Gasteiger partial charge < -0.3 is 24.8 Å². The lowest BCUT2D eigenvalue weighted by molar-refractivity contribution is -0.172. The smallest absolute Gasteiger partial charge is 0.343 e. The summed E-state index contributed by atoms with van der Waals surface area (Å²) >= 11 is 4.49. The molecule has 1 aliphatic carbocycles. The van der Waals surface area contributed by atoms with E-state index in [2.05, 4.69) is 17.9 Å². The molecule has 1 aromatic carbocycles. The van der Waals surface area contributed by atoms with Gasteiger partial charge in [-0.3, -0.25) is 9.59 Å². The third-order valence-corrected chi connectivity index (χ3v) is 9.25. The van der Waals surface area contributed by atoms with Crippen LogP contribution in [-0.2, 0) is 39.5 Å². The zero-order valence-electron chi connectivity index (χ0n) is 24.0. The van der Waals surface area contributed by atoms with E-state index in [4.69, 9.17) is 9.72 Å². The molecule has 1 amide bonds. The number of rotatable bonds is 6. The number of esters is 1. The lowest BCUT2D eigenvalue weighted by atomic mass is 9.81. The Morgan fingerprint density at radius 1 is 1.31 bits per heavy atom. The minimum absolute atomic E-state index is 0.0136. The van der Waals surface area contributed by atoms with Gasteiger partial charge >= 0.3 is 5.97 Å². The highest BCUT2D eigenvalue weighted by Gasteiger charge is 2.46. The summed E-state index contributed by atoms with van der Waals surface area (Å²) in [5.74, 6) is -1.72. The number of halogens is 1. The van der Waals surface area contributed by atoms with E-state index in [-0.39, 0.29) is 41.9 Å². The highest BCUT2D eigenvalue weighted by Crippen LogP contribution is 2.46. The van der Waals surface area contributed by atoms with Gasteiger partial charge in [0.05, 0.1) is 35.1 Å². The summed E-state index contributed by atoms with van der Waals surface area (Å²) in [5, 5.41) is 25.6. The van der Waals surface area contributed by atoms with Crippen LogP contribution in [0.15, 0.2) is 16.9 Å². The SMILES string of the molecule is CC[C@@]1(O)C(=O)OCc2c1cc1n(c2=O)Cc2c-1nc1cc(F)c(C)c3c1c2[C@@H](NC(=O)C(O)CCC(C)(C)S)CC3. The van der Waals surface area contributed by atoms with Crippen LogP contribution >= 0.6 is 12.6 Å². The molecule has 11 heteroatoms. The number of carbonyl (C=O) groups excluding carboxylic acids is 2. The predicted molar refractivity (Wildman–Crippen MR) is 157 cm³/mol. The normalized spacial score (nSPS) is 21.4. The van der Waals surface area contributed by atoms with Crippen molar-refractivity contribution >= 4 is 35.4 Å². The summed E-state index contributed by atoms with van der Waals surface area (Å²) in [7, 11) is 0. The molecule has 0 fully saturated rings. The molecule has 3 atom stereocenters. The number of aryl methyl sites for hydroxylation is 1. The number of amides is 1. The Morgan fingerprint density at radius 3 is 2.74 bits per heavy atom. The lowest BCUT2D eigenvalue weighted by Gasteiger charge is -2.31. The second-order valence-electron chi connectivity index (χ2n) is 12.3. The number of nitrogens with one attached hydrogen (secondary N) is 1. The summed E-state index contributed by atoms with van der Waals surface area (Å²) < 4.78 is 21.4. The molecule has 3 aromatic rings. The zero-order chi connectivity index (χ0) is 30.3. The van der Waals surface area contributed by atoms with E-state index in [1.54, 1.807) is 19.9 Å². The predicted octanol–water partition coefficient (Wildman–Crippen LogP) is 3.48. The summed E-state index contributed by atoms with van der Waals surface area (Å²) in [4.78, 5) is 44.3. The second-order valence-corrected chi connectivity index (χ2v) is 13.5. The van der Waals surface area contributed by atoms with Crippen molar-refractivity contribution in [2.24, 2.45) is 0 Å². The van der Waals surface area contributed by atoms with Crippen LogP contribution < -0.4 is 10.9 Å². The number of hydrogen-bond acceptors (Lipinski definition) is 8. The lowest BCUT2D eigenvalue weighted by Crippen LogP contribution is -2.44. The van der Waals surface area contributed by atoms with Gasteiger partial charge in [0.2, 0.25) is 5.91 Å². The average Bonchev–Trinajstić information content (AvgIpc) is 3.31. The van der Waals surface area contributed by atoms with Gasteiger partial charge in [-0.25, -0.2) is 14.2 Å². The number of nitrogens with zero attached hydrogens (tertiary/aromatic N) is 2. The number of aromatic nitrogens is 2. The molecule has 0 radical (unpaired) electrons. The summed E-state index contributed by atoms with van der Waals surface area (Å²) in [5.41, 5.74) is 2.02. The molecule has 42 heavy (non-hydrogen) atoms. The van der Waals surface area contributed by atoms with Crippen molar-refractivity contribution < 1.29 is 28.9 Å². The van der Waals surface area contributed by atoms with Crippen LogP contribution in [0.4, 0.5) is 4.39 Å². The topological polar surface area (TPSA) is 131 Å². The first-order valence-corrected chi connectivity index (χ1v) is 14.7. The Bertz CT molecular complexity index is 1750. The summed E-state index contributed by atoms with van der Waals surface area (Å²) in [6.45, 7) is 7.08.